The van der Waals surface area contributed by atoms with Crippen molar-refractivity contribution in [1.29, 1.82) is 0 Å². The summed E-state index contributed by atoms with van der Waals surface area (Å²) in [6.45, 7) is 6.14. The van der Waals surface area contributed by atoms with E-state index in [2.05, 4.69) is 13.0 Å². The third-order valence-corrected chi connectivity index (χ3v) is 8.92. The molecule has 0 aromatic carbocycles. The first-order valence-corrected chi connectivity index (χ1v) is 11.0. The van der Waals surface area contributed by atoms with E-state index in [4.69, 9.17) is 14.2 Å². The SMILES string of the molecule is CC(=O)O[C@H]1CC[C@@]23CO[C@]4(CC[C@H]2C1)C1=CC[C@H](OC(C)=O)[C@@]1(C)CC[C@H]34. The average Bonchev–Trinajstić information content (AvgIpc) is 3.06. The molecule has 5 rings (SSSR count). The van der Waals surface area contributed by atoms with Crippen LogP contribution in [0.1, 0.15) is 72.1 Å². The molecule has 28 heavy (non-hydrogen) atoms. The van der Waals surface area contributed by atoms with E-state index in [1.54, 1.807) is 0 Å². The van der Waals surface area contributed by atoms with E-state index in [0.717, 1.165) is 58.0 Å². The maximum atomic E-state index is 11.6. The van der Waals surface area contributed by atoms with Gasteiger partial charge < -0.3 is 14.2 Å². The molecular formula is C23H32O5. The van der Waals surface area contributed by atoms with Gasteiger partial charge in [0.05, 0.1) is 12.2 Å². The zero-order valence-electron chi connectivity index (χ0n) is 17.3. The summed E-state index contributed by atoms with van der Waals surface area (Å²) >= 11 is 0. The predicted octanol–water partition coefficient (Wildman–Crippen LogP) is 3.95. The highest BCUT2D eigenvalue weighted by atomic mass is 16.5. The van der Waals surface area contributed by atoms with Crippen LogP contribution in [0.25, 0.3) is 0 Å². The number of ether oxygens (including phenoxy) is 3. The van der Waals surface area contributed by atoms with Crippen molar-refractivity contribution in [2.75, 3.05) is 6.61 Å². The summed E-state index contributed by atoms with van der Waals surface area (Å²) < 4.78 is 18.1. The predicted molar refractivity (Wildman–Crippen MR) is 102 cm³/mol. The normalized spacial score (nSPS) is 48.8. The Morgan fingerprint density at radius 3 is 2.61 bits per heavy atom. The summed E-state index contributed by atoms with van der Waals surface area (Å²) in [5.41, 5.74) is 1.40. The van der Waals surface area contributed by atoms with Gasteiger partial charge in [-0.1, -0.05) is 13.0 Å². The first kappa shape index (κ1) is 18.7. The van der Waals surface area contributed by atoms with Crippen LogP contribution in [0, 0.1) is 22.7 Å². The summed E-state index contributed by atoms with van der Waals surface area (Å²) in [6, 6.07) is 0. The third-order valence-electron chi connectivity index (χ3n) is 8.92. The van der Waals surface area contributed by atoms with Crippen LogP contribution in [-0.2, 0) is 23.8 Å². The highest BCUT2D eigenvalue weighted by Crippen LogP contribution is 2.71. The van der Waals surface area contributed by atoms with Crippen molar-refractivity contribution in [3.8, 4) is 0 Å². The molecule has 2 bridgehead atoms. The van der Waals surface area contributed by atoms with Gasteiger partial charge in [0.25, 0.3) is 0 Å². The summed E-state index contributed by atoms with van der Waals surface area (Å²) in [4.78, 5) is 23.1. The van der Waals surface area contributed by atoms with Crippen LogP contribution in [0.15, 0.2) is 11.6 Å². The molecule has 154 valence electrons. The molecule has 4 fully saturated rings. The molecule has 5 nitrogen and oxygen atoms in total. The number of esters is 2. The average molecular weight is 389 g/mol. The Morgan fingerprint density at radius 1 is 1.07 bits per heavy atom. The highest BCUT2D eigenvalue weighted by molar-refractivity contribution is 5.66. The Labute approximate surface area is 167 Å². The number of carbonyl (C=O) groups is 2. The van der Waals surface area contributed by atoms with E-state index in [1.807, 2.05) is 0 Å². The Kier molecular flexibility index (Phi) is 4.04. The first-order chi connectivity index (χ1) is 13.3. The quantitative estimate of drug-likeness (QED) is 0.530. The van der Waals surface area contributed by atoms with Gasteiger partial charge in [0.15, 0.2) is 0 Å². The maximum absolute atomic E-state index is 11.6. The lowest BCUT2D eigenvalue weighted by Gasteiger charge is -2.58. The molecule has 0 aromatic heterocycles. The van der Waals surface area contributed by atoms with Crippen molar-refractivity contribution < 1.29 is 23.8 Å². The van der Waals surface area contributed by atoms with E-state index < -0.39 is 0 Å². The highest BCUT2D eigenvalue weighted by Gasteiger charge is 2.70. The summed E-state index contributed by atoms with van der Waals surface area (Å²) in [7, 11) is 0. The van der Waals surface area contributed by atoms with Crippen LogP contribution >= 0.6 is 0 Å². The number of carbonyl (C=O) groups excluding carboxylic acids is 2. The van der Waals surface area contributed by atoms with Crippen molar-refractivity contribution >= 4 is 11.9 Å². The van der Waals surface area contributed by atoms with Crippen molar-refractivity contribution in [2.45, 2.75) is 89.9 Å². The van der Waals surface area contributed by atoms with Gasteiger partial charge >= 0.3 is 11.9 Å². The number of fused-ring (bicyclic) bond motifs is 1. The lowest BCUT2D eigenvalue weighted by Crippen LogP contribution is -2.58. The second-order valence-electron chi connectivity index (χ2n) is 10.1. The molecule has 5 heteroatoms. The van der Waals surface area contributed by atoms with Gasteiger partial charge in [-0.05, 0) is 62.4 Å². The second kappa shape index (κ2) is 6.07. The Hall–Kier alpha value is -1.36. The molecule has 1 aliphatic heterocycles. The van der Waals surface area contributed by atoms with Gasteiger partial charge in [-0.15, -0.1) is 0 Å². The fourth-order valence-electron chi connectivity index (χ4n) is 7.85. The van der Waals surface area contributed by atoms with Gasteiger partial charge in [-0.2, -0.15) is 0 Å². The molecule has 1 spiro atoms. The molecule has 1 heterocycles. The summed E-state index contributed by atoms with van der Waals surface area (Å²) in [5.74, 6) is 0.793. The van der Waals surface area contributed by atoms with Gasteiger partial charge in [0.2, 0.25) is 0 Å². The third kappa shape index (κ3) is 2.34. The van der Waals surface area contributed by atoms with Crippen LogP contribution < -0.4 is 0 Å². The minimum atomic E-state index is -0.184. The largest absolute Gasteiger partial charge is 0.463 e. The van der Waals surface area contributed by atoms with Crippen LogP contribution in [0.4, 0.5) is 0 Å². The van der Waals surface area contributed by atoms with Crippen molar-refractivity contribution in [2.24, 2.45) is 22.7 Å². The molecule has 4 aliphatic carbocycles. The first-order valence-electron chi connectivity index (χ1n) is 11.0. The molecule has 0 N–H and O–H groups in total. The number of hydrogen-bond acceptors (Lipinski definition) is 5. The molecule has 0 unspecified atom stereocenters. The monoisotopic (exact) mass is 388 g/mol. The fourth-order valence-corrected chi connectivity index (χ4v) is 7.85. The number of rotatable bonds is 2. The van der Waals surface area contributed by atoms with Gasteiger partial charge in [0, 0.05) is 31.1 Å². The van der Waals surface area contributed by atoms with E-state index in [9.17, 15) is 9.59 Å². The maximum Gasteiger partial charge on any atom is 0.302 e. The van der Waals surface area contributed by atoms with Gasteiger partial charge in [-0.3, -0.25) is 9.59 Å². The Balaban J connectivity index is 1.43. The molecule has 0 amide bonds. The molecular weight excluding hydrogens is 356 g/mol. The fraction of sp³-hybridized carbons (Fsp3) is 0.826. The van der Waals surface area contributed by atoms with Crippen LogP contribution in [0.3, 0.4) is 0 Å². The number of hydrogen-bond donors (Lipinski definition) is 0. The minimum absolute atomic E-state index is 0.0482. The van der Waals surface area contributed by atoms with Crippen molar-refractivity contribution in [3.05, 3.63) is 11.6 Å². The zero-order valence-corrected chi connectivity index (χ0v) is 17.3. The van der Waals surface area contributed by atoms with Crippen molar-refractivity contribution in [1.82, 2.24) is 0 Å². The molecule has 0 aromatic rings. The van der Waals surface area contributed by atoms with E-state index >= 15 is 0 Å². The standard InChI is InChI=1S/C23H32O5/c1-14(24)27-17-7-10-22-13-26-23(11-6-16(22)12-17)18-4-5-20(28-15(2)25)21(18,3)9-8-19(22)23/h4,16-17,19-20H,5-13H2,1-3H3/t16-,17-,19+,20-,21-,22+,23+/m0/s1. The molecule has 3 saturated carbocycles. The summed E-state index contributed by atoms with van der Waals surface area (Å²) in [5, 5.41) is 0. The minimum Gasteiger partial charge on any atom is -0.463 e. The summed E-state index contributed by atoms with van der Waals surface area (Å²) in [6.07, 6.45) is 10.6. The van der Waals surface area contributed by atoms with E-state index in [-0.39, 0.29) is 40.6 Å². The molecule has 0 radical (unpaired) electrons. The topological polar surface area (TPSA) is 61.8 Å². The van der Waals surface area contributed by atoms with E-state index in [1.165, 1.54) is 19.4 Å². The zero-order chi connectivity index (χ0) is 19.7. The smallest absolute Gasteiger partial charge is 0.302 e. The van der Waals surface area contributed by atoms with Crippen LogP contribution in [-0.4, -0.2) is 36.4 Å². The van der Waals surface area contributed by atoms with Crippen molar-refractivity contribution in [3.63, 3.8) is 0 Å². The molecule has 1 saturated heterocycles. The van der Waals surface area contributed by atoms with Gasteiger partial charge in [-0.25, -0.2) is 0 Å². The molecule has 5 aliphatic rings. The van der Waals surface area contributed by atoms with Gasteiger partial charge in [0.1, 0.15) is 12.2 Å². The Morgan fingerprint density at radius 2 is 1.86 bits per heavy atom. The van der Waals surface area contributed by atoms with Crippen LogP contribution in [0.2, 0.25) is 0 Å². The van der Waals surface area contributed by atoms with Crippen LogP contribution in [0.5, 0.6) is 0 Å². The van der Waals surface area contributed by atoms with E-state index in [0.29, 0.717) is 11.8 Å². The lowest BCUT2D eigenvalue weighted by atomic mass is 9.46. The second-order valence-corrected chi connectivity index (χ2v) is 10.1. The Bertz CT molecular complexity index is 743. The lowest BCUT2D eigenvalue weighted by molar-refractivity contribution is -0.156. The molecule has 7 atom stereocenters.